The summed E-state index contributed by atoms with van der Waals surface area (Å²) in [5.74, 6) is -0.138. The predicted octanol–water partition coefficient (Wildman–Crippen LogP) is 5.43. The number of nitrogens with zero attached hydrogens (tertiary/aromatic N) is 4. The Morgan fingerprint density at radius 2 is 2.21 bits per heavy atom. The number of rotatable bonds is 4. The Morgan fingerprint density at radius 3 is 2.88 bits per heavy atom. The first-order chi connectivity index (χ1) is 16.2. The highest BCUT2D eigenvalue weighted by atomic mass is 35.5. The molecule has 176 valence electrons. The van der Waals surface area contributed by atoms with Crippen LogP contribution in [-0.4, -0.2) is 40.9 Å². The molecule has 0 saturated carbocycles. The lowest BCUT2D eigenvalue weighted by Crippen LogP contribution is -2.41. The number of nitrogens with two attached hydrogens (primary N) is 1. The molecule has 3 heterocycles. The lowest BCUT2D eigenvalue weighted by atomic mass is 9.99. The quantitative estimate of drug-likeness (QED) is 0.160. The van der Waals surface area contributed by atoms with Gasteiger partial charge in [-0.15, -0.1) is 0 Å². The minimum atomic E-state index is -0.732. The zero-order valence-electron chi connectivity index (χ0n) is 18.4. The molecular formula is C23H21Cl2FN6O2. The largest absolute Gasteiger partial charge is 0.478 e. The van der Waals surface area contributed by atoms with E-state index in [1.165, 1.54) is 17.0 Å². The maximum absolute atomic E-state index is 14.0. The summed E-state index contributed by atoms with van der Waals surface area (Å²) in [5, 5.41) is 17.9. The van der Waals surface area contributed by atoms with Gasteiger partial charge in [-0.3, -0.25) is 10.3 Å². The number of hydrogen-bond acceptors (Lipinski definition) is 6. The summed E-state index contributed by atoms with van der Waals surface area (Å²) in [6, 6.07) is 2.60. The molecule has 1 aliphatic rings. The Kier molecular flexibility index (Phi) is 6.55. The van der Waals surface area contributed by atoms with E-state index in [1.54, 1.807) is 31.3 Å². The van der Waals surface area contributed by atoms with Gasteiger partial charge in [0.25, 0.3) is 0 Å². The molecule has 11 heteroatoms. The van der Waals surface area contributed by atoms with E-state index in [0.29, 0.717) is 36.0 Å². The predicted molar refractivity (Wildman–Crippen MR) is 129 cm³/mol. The number of guanidine groups is 1. The number of nitrogens with one attached hydrogen (secondary N) is 1. The average molecular weight is 503 g/mol. The minimum Gasteiger partial charge on any atom is -0.478 e. The lowest BCUT2D eigenvalue weighted by Gasteiger charge is -2.30. The molecule has 0 unspecified atom stereocenters. The number of ether oxygens (including phenoxy) is 1. The van der Waals surface area contributed by atoms with Crippen molar-refractivity contribution < 1.29 is 13.5 Å². The second-order valence-corrected chi connectivity index (χ2v) is 8.57. The van der Waals surface area contributed by atoms with Crippen LogP contribution in [0.5, 0.6) is 5.75 Å². The second-order valence-electron chi connectivity index (χ2n) is 7.79. The van der Waals surface area contributed by atoms with Gasteiger partial charge >= 0.3 is 0 Å². The van der Waals surface area contributed by atoms with E-state index in [1.807, 2.05) is 12.3 Å². The molecule has 0 spiro atoms. The molecule has 0 aliphatic carbocycles. The summed E-state index contributed by atoms with van der Waals surface area (Å²) in [6.45, 7) is 2.73. The number of halogens is 3. The maximum Gasteiger partial charge on any atom is 0.207 e. The zero-order chi connectivity index (χ0) is 24.6. The Hall–Kier alpha value is -3.48. The van der Waals surface area contributed by atoms with Crippen molar-refractivity contribution in [3.8, 4) is 11.9 Å². The van der Waals surface area contributed by atoms with E-state index < -0.39 is 11.9 Å². The van der Waals surface area contributed by atoms with E-state index in [-0.39, 0.29) is 27.6 Å². The summed E-state index contributed by atoms with van der Waals surface area (Å²) in [7, 11) is 1.55. The SMILES string of the molecule is C[C@@H](Oc1c(N)ncc2c(C3=CCN(C(=N)N(C)C#N)CC3)coc12)c1c(Cl)ccc(F)c1Cl. The van der Waals surface area contributed by atoms with E-state index in [9.17, 15) is 4.39 Å². The monoisotopic (exact) mass is 502 g/mol. The molecule has 2 aromatic heterocycles. The molecular weight excluding hydrogens is 482 g/mol. The third kappa shape index (κ3) is 4.22. The average Bonchev–Trinajstić information content (AvgIpc) is 3.27. The number of anilines is 1. The molecule has 3 aromatic rings. The number of furan rings is 1. The van der Waals surface area contributed by atoms with Crippen LogP contribution in [0, 0.1) is 22.7 Å². The van der Waals surface area contributed by atoms with Crippen molar-refractivity contribution in [1.29, 1.82) is 10.7 Å². The first kappa shape index (κ1) is 23.7. The van der Waals surface area contributed by atoms with Gasteiger partial charge in [0.2, 0.25) is 11.7 Å². The van der Waals surface area contributed by atoms with Crippen molar-refractivity contribution in [1.82, 2.24) is 14.8 Å². The molecule has 1 aromatic carbocycles. The van der Waals surface area contributed by atoms with Crippen LogP contribution in [0.2, 0.25) is 10.0 Å². The van der Waals surface area contributed by atoms with Crippen molar-refractivity contribution in [3.05, 3.63) is 57.7 Å². The topological polar surface area (TPSA) is 115 Å². The van der Waals surface area contributed by atoms with Gasteiger partial charge in [-0.2, -0.15) is 5.26 Å². The van der Waals surface area contributed by atoms with Gasteiger partial charge < -0.3 is 19.8 Å². The van der Waals surface area contributed by atoms with Crippen molar-refractivity contribution >= 4 is 51.5 Å². The third-order valence-corrected chi connectivity index (χ3v) is 6.42. The molecule has 1 aliphatic heterocycles. The highest BCUT2D eigenvalue weighted by Gasteiger charge is 2.25. The zero-order valence-corrected chi connectivity index (χ0v) is 19.9. The summed E-state index contributed by atoms with van der Waals surface area (Å²) in [6.07, 6.45) is 7.05. The summed E-state index contributed by atoms with van der Waals surface area (Å²) in [4.78, 5) is 7.27. The maximum atomic E-state index is 14.0. The van der Waals surface area contributed by atoms with Crippen molar-refractivity contribution in [2.45, 2.75) is 19.4 Å². The summed E-state index contributed by atoms with van der Waals surface area (Å²) in [5.41, 5.74) is 8.64. The smallest absolute Gasteiger partial charge is 0.207 e. The number of pyridine rings is 1. The van der Waals surface area contributed by atoms with E-state index in [4.69, 9.17) is 48.8 Å². The molecule has 3 N–H and O–H groups in total. The van der Waals surface area contributed by atoms with Crippen molar-refractivity contribution in [2.24, 2.45) is 0 Å². The Morgan fingerprint density at radius 1 is 1.44 bits per heavy atom. The fourth-order valence-electron chi connectivity index (χ4n) is 3.86. The second kappa shape index (κ2) is 9.41. The first-order valence-corrected chi connectivity index (χ1v) is 11.1. The Labute approximate surface area is 205 Å². The molecule has 0 amide bonds. The van der Waals surface area contributed by atoms with Crippen molar-refractivity contribution in [2.75, 3.05) is 25.9 Å². The van der Waals surface area contributed by atoms with Gasteiger partial charge in [0.05, 0.1) is 16.7 Å². The van der Waals surface area contributed by atoms with E-state index >= 15 is 0 Å². The van der Waals surface area contributed by atoms with Crippen LogP contribution in [0.15, 0.2) is 35.1 Å². The van der Waals surface area contributed by atoms with Crippen LogP contribution in [0.25, 0.3) is 16.5 Å². The van der Waals surface area contributed by atoms with Gasteiger partial charge in [-0.05, 0) is 31.1 Å². The van der Waals surface area contributed by atoms with E-state index in [0.717, 1.165) is 11.1 Å². The summed E-state index contributed by atoms with van der Waals surface area (Å²) >= 11 is 12.4. The van der Waals surface area contributed by atoms with Gasteiger partial charge in [0.1, 0.15) is 11.9 Å². The van der Waals surface area contributed by atoms with Crippen LogP contribution in [0.3, 0.4) is 0 Å². The van der Waals surface area contributed by atoms with Gasteiger partial charge in [-0.25, -0.2) is 9.37 Å². The van der Waals surface area contributed by atoms with Crippen LogP contribution >= 0.6 is 23.2 Å². The fraction of sp³-hybridized carbons (Fsp3) is 0.261. The number of nitriles is 1. The molecule has 1 atom stereocenters. The molecule has 0 bridgehead atoms. The Bertz CT molecular complexity index is 1350. The lowest BCUT2D eigenvalue weighted by molar-refractivity contribution is 0.227. The molecule has 0 saturated heterocycles. The number of fused-ring (bicyclic) bond motifs is 1. The van der Waals surface area contributed by atoms with Gasteiger partial charge in [0.15, 0.2) is 17.6 Å². The highest BCUT2D eigenvalue weighted by Crippen LogP contribution is 2.41. The molecule has 0 fully saturated rings. The molecule has 8 nitrogen and oxygen atoms in total. The molecule has 34 heavy (non-hydrogen) atoms. The normalized spacial score (nSPS) is 14.5. The van der Waals surface area contributed by atoms with Gasteiger partial charge in [0, 0.05) is 42.5 Å². The van der Waals surface area contributed by atoms with Crippen LogP contribution in [0.4, 0.5) is 10.2 Å². The fourth-order valence-corrected chi connectivity index (χ4v) is 4.54. The number of benzene rings is 1. The highest BCUT2D eigenvalue weighted by molar-refractivity contribution is 6.36. The number of hydrogen-bond donors (Lipinski definition) is 2. The summed E-state index contributed by atoms with van der Waals surface area (Å²) < 4.78 is 25.9. The number of nitrogen functional groups attached to an aromatic ring is 1. The number of aromatic nitrogens is 1. The van der Waals surface area contributed by atoms with Crippen LogP contribution < -0.4 is 10.5 Å². The third-order valence-electron chi connectivity index (χ3n) is 5.70. The van der Waals surface area contributed by atoms with Gasteiger partial charge in [-0.1, -0.05) is 29.3 Å². The van der Waals surface area contributed by atoms with Crippen LogP contribution in [-0.2, 0) is 0 Å². The van der Waals surface area contributed by atoms with Crippen molar-refractivity contribution in [3.63, 3.8) is 0 Å². The first-order valence-electron chi connectivity index (χ1n) is 10.3. The molecule has 0 radical (unpaired) electrons. The van der Waals surface area contributed by atoms with Crippen LogP contribution in [0.1, 0.15) is 30.6 Å². The standard InChI is InChI=1S/C23H21Cl2FN6O2/c1-12(18-16(24)3-4-17(26)19(18)25)34-21-20-14(9-30-22(21)28)15(10-33-20)13-5-7-32(8-6-13)23(29)31(2)11-27/h3-5,9-10,12,29H,6-8H2,1-2H3,(H2,28,30)/t12-/m1/s1. The Balaban J connectivity index is 1.64. The minimum absolute atomic E-state index is 0.112. The van der Waals surface area contributed by atoms with E-state index in [2.05, 4.69) is 4.98 Å². The molecule has 4 rings (SSSR count).